The van der Waals surface area contributed by atoms with E-state index in [1.165, 1.54) is 10.4 Å². The van der Waals surface area contributed by atoms with Crippen LogP contribution in [0, 0.1) is 6.92 Å². The quantitative estimate of drug-likeness (QED) is 0.763. The van der Waals surface area contributed by atoms with Gasteiger partial charge in [-0.25, -0.2) is 9.97 Å². The number of aromatic nitrogens is 2. The molecule has 0 unspecified atom stereocenters. The van der Waals surface area contributed by atoms with Gasteiger partial charge in [-0.2, -0.15) is 0 Å². The first-order valence-electron chi connectivity index (χ1n) is 6.35. The van der Waals surface area contributed by atoms with E-state index in [2.05, 4.69) is 50.3 Å². The van der Waals surface area contributed by atoms with E-state index in [4.69, 9.17) is 0 Å². The molecule has 2 aromatic heterocycles. The summed E-state index contributed by atoms with van der Waals surface area (Å²) in [6, 6.07) is 10.3. The minimum Gasteiger partial charge on any atom is -0.372 e. The largest absolute Gasteiger partial charge is 0.372 e. The average Bonchev–Trinajstić information content (AvgIpc) is 2.80. The first kappa shape index (κ1) is 13.5. The van der Waals surface area contributed by atoms with Crippen LogP contribution >= 0.6 is 27.3 Å². The van der Waals surface area contributed by atoms with Crippen LogP contribution in [0.4, 0.5) is 5.82 Å². The second-order valence-corrected chi connectivity index (χ2v) is 6.67. The lowest BCUT2D eigenvalue weighted by atomic mass is 10.1. The van der Waals surface area contributed by atoms with Crippen LogP contribution in [0.1, 0.15) is 16.3 Å². The van der Waals surface area contributed by atoms with Crippen molar-refractivity contribution in [1.82, 2.24) is 9.97 Å². The van der Waals surface area contributed by atoms with Crippen LogP contribution in [0.3, 0.4) is 0 Å². The third-order valence-corrected chi connectivity index (χ3v) is 4.82. The zero-order valence-corrected chi connectivity index (χ0v) is 13.7. The Kier molecular flexibility index (Phi) is 3.72. The molecule has 0 bridgehead atoms. The summed E-state index contributed by atoms with van der Waals surface area (Å²) in [6.07, 6.45) is 0.725. The van der Waals surface area contributed by atoms with Gasteiger partial charge in [0, 0.05) is 22.8 Å². The zero-order chi connectivity index (χ0) is 14.1. The molecule has 0 amide bonds. The Labute approximate surface area is 130 Å². The van der Waals surface area contributed by atoms with E-state index in [-0.39, 0.29) is 0 Å². The highest BCUT2D eigenvalue weighted by Crippen LogP contribution is 2.29. The number of thiophene rings is 1. The molecule has 0 fully saturated rings. The molecule has 0 aliphatic carbocycles. The Morgan fingerprint density at radius 2 is 2.05 bits per heavy atom. The number of hydrogen-bond acceptors (Lipinski definition) is 4. The lowest BCUT2D eigenvalue weighted by Gasteiger charge is -2.06. The van der Waals surface area contributed by atoms with E-state index in [9.17, 15) is 0 Å². The van der Waals surface area contributed by atoms with E-state index in [0.29, 0.717) is 0 Å². The topological polar surface area (TPSA) is 37.8 Å². The molecule has 0 spiro atoms. The number of nitrogens with one attached hydrogen (secondary N) is 1. The minimum absolute atomic E-state index is 0.725. The summed E-state index contributed by atoms with van der Waals surface area (Å²) in [4.78, 5) is 11.6. The maximum Gasteiger partial charge on any atom is 0.138 e. The first-order valence-corrected chi connectivity index (χ1v) is 7.96. The first-order chi connectivity index (χ1) is 9.67. The molecule has 5 heteroatoms. The highest BCUT2D eigenvalue weighted by molar-refractivity contribution is 9.10. The summed E-state index contributed by atoms with van der Waals surface area (Å²) in [6.45, 7) is 2.10. The fourth-order valence-electron chi connectivity index (χ4n) is 2.17. The van der Waals surface area contributed by atoms with Crippen LogP contribution in [-0.4, -0.2) is 17.0 Å². The SMILES string of the molecule is CNc1nc(Cc2ccccc2Br)nc2sc(C)cc12. The van der Waals surface area contributed by atoms with Gasteiger partial charge < -0.3 is 5.32 Å². The van der Waals surface area contributed by atoms with Crippen molar-refractivity contribution in [3.63, 3.8) is 0 Å². The third-order valence-electron chi connectivity index (χ3n) is 3.11. The molecule has 1 N–H and O–H groups in total. The molecule has 20 heavy (non-hydrogen) atoms. The summed E-state index contributed by atoms with van der Waals surface area (Å²) in [7, 11) is 1.90. The molecule has 102 valence electrons. The van der Waals surface area contributed by atoms with E-state index in [1.54, 1.807) is 11.3 Å². The van der Waals surface area contributed by atoms with Crippen molar-refractivity contribution in [3.05, 3.63) is 51.1 Å². The van der Waals surface area contributed by atoms with E-state index >= 15 is 0 Å². The fourth-order valence-corrected chi connectivity index (χ4v) is 3.49. The molecule has 3 aromatic rings. The molecule has 0 saturated heterocycles. The molecule has 0 saturated carbocycles. The van der Waals surface area contributed by atoms with Crippen LogP contribution < -0.4 is 5.32 Å². The third kappa shape index (κ3) is 2.55. The lowest BCUT2D eigenvalue weighted by molar-refractivity contribution is 0.993. The number of hydrogen-bond donors (Lipinski definition) is 1. The van der Waals surface area contributed by atoms with Crippen LogP contribution in [0.5, 0.6) is 0 Å². The normalized spacial score (nSPS) is 10.9. The van der Waals surface area contributed by atoms with Crippen LogP contribution in [0.2, 0.25) is 0 Å². The minimum atomic E-state index is 0.725. The maximum absolute atomic E-state index is 4.69. The Morgan fingerprint density at radius 1 is 1.25 bits per heavy atom. The number of aryl methyl sites for hydroxylation is 1. The number of fused-ring (bicyclic) bond motifs is 1. The van der Waals surface area contributed by atoms with Crippen molar-refractivity contribution in [3.8, 4) is 0 Å². The van der Waals surface area contributed by atoms with Crippen LogP contribution in [0.15, 0.2) is 34.8 Å². The summed E-state index contributed by atoms with van der Waals surface area (Å²) in [5, 5.41) is 4.27. The van der Waals surface area contributed by atoms with E-state index in [1.807, 2.05) is 25.2 Å². The van der Waals surface area contributed by atoms with Crippen molar-refractivity contribution in [2.24, 2.45) is 0 Å². The molecule has 0 atom stereocenters. The van der Waals surface area contributed by atoms with Gasteiger partial charge in [0.25, 0.3) is 0 Å². The second-order valence-electron chi connectivity index (χ2n) is 4.58. The van der Waals surface area contributed by atoms with Crippen molar-refractivity contribution in [1.29, 1.82) is 0 Å². The summed E-state index contributed by atoms with van der Waals surface area (Å²) >= 11 is 5.28. The van der Waals surface area contributed by atoms with Gasteiger partial charge in [-0.05, 0) is 24.6 Å². The van der Waals surface area contributed by atoms with Gasteiger partial charge in [-0.15, -0.1) is 11.3 Å². The maximum atomic E-state index is 4.69. The van der Waals surface area contributed by atoms with Crippen molar-refractivity contribution >= 4 is 43.3 Å². The van der Waals surface area contributed by atoms with Crippen LogP contribution in [0.25, 0.3) is 10.2 Å². The molecule has 0 radical (unpaired) electrons. The standard InChI is InChI=1S/C15H14BrN3S/c1-9-7-11-14(17-2)18-13(19-15(11)20-9)8-10-5-3-4-6-12(10)16/h3-7H,8H2,1-2H3,(H,17,18,19). The second kappa shape index (κ2) is 5.50. The molecule has 1 aromatic carbocycles. The highest BCUT2D eigenvalue weighted by atomic mass is 79.9. The van der Waals surface area contributed by atoms with Gasteiger partial charge >= 0.3 is 0 Å². The summed E-state index contributed by atoms with van der Waals surface area (Å²) in [5.41, 5.74) is 1.20. The molecule has 3 nitrogen and oxygen atoms in total. The zero-order valence-electron chi connectivity index (χ0n) is 11.3. The lowest BCUT2D eigenvalue weighted by Crippen LogP contribution is -2.01. The van der Waals surface area contributed by atoms with E-state index in [0.717, 1.165) is 32.8 Å². The summed E-state index contributed by atoms with van der Waals surface area (Å²) < 4.78 is 1.09. The van der Waals surface area contributed by atoms with Gasteiger partial charge in [-0.1, -0.05) is 34.1 Å². The van der Waals surface area contributed by atoms with Crippen molar-refractivity contribution < 1.29 is 0 Å². The average molecular weight is 348 g/mol. The molecular formula is C15H14BrN3S. The molecular weight excluding hydrogens is 334 g/mol. The van der Waals surface area contributed by atoms with Gasteiger partial charge in [0.2, 0.25) is 0 Å². The van der Waals surface area contributed by atoms with Crippen LogP contribution in [-0.2, 0) is 6.42 Å². The Balaban J connectivity index is 2.06. The van der Waals surface area contributed by atoms with E-state index < -0.39 is 0 Å². The Hall–Kier alpha value is -1.46. The number of halogens is 1. The van der Waals surface area contributed by atoms with Crippen molar-refractivity contribution in [2.45, 2.75) is 13.3 Å². The number of nitrogens with zero attached hydrogens (tertiary/aromatic N) is 2. The van der Waals surface area contributed by atoms with Gasteiger partial charge in [-0.3, -0.25) is 0 Å². The predicted molar refractivity (Wildman–Crippen MR) is 88.6 cm³/mol. The van der Waals surface area contributed by atoms with Crippen molar-refractivity contribution in [2.75, 3.05) is 12.4 Å². The number of benzene rings is 1. The van der Waals surface area contributed by atoms with Gasteiger partial charge in [0.15, 0.2) is 0 Å². The Bertz CT molecular complexity index is 767. The van der Waals surface area contributed by atoms with Gasteiger partial charge in [0.1, 0.15) is 16.5 Å². The molecule has 2 heterocycles. The summed E-state index contributed by atoms with van der Waals surface area (Å²) in [5.74, 6) is 1.75. The number of rotatable bonds is 3. The monoisotopic (exact) mass is 347 g/mol. The fraction of sp³-hybridized carbons (Fsp3) is 0.200. The van der Waals surface area contributed by atoms with Gasteiger partial charge in [0.05, 0.1) is 5.39 Å². The highest BCUT2D eigenvalue weighted by Gasteiger charge is 2.11. The number of anilines is 1. The molecule has 0 aliphatic heterocycles. The Morgan fingerprint density at radius 3 is 2.80 bits per heavy atom. The predicted octanol–water partition coefficient (Wildman–Crippen LogP) is 4.39. The smallest absolute Gasteiger partial charge is 0.138 e. The molecule has 0 aliphatic rings. The molecule has 3 rings (SSSR count).